The van der Waals surface area contributed by atoms with Gasteiger partial charge in [-0.1, -0.05) is 29.8 Å². The van der Waals surface area contributed by atoms with Crippen LogP contribution in [0.25, 0.3) is 22.5 Å². The van der Waals surface area contributed by atoms with Crippen molar-refractivity contribution in [3.05, 3.63) is 87.6 Å². The van der Waals surface area contributed by atoms with E-state index in [4.69, 9.17) is 16.6 Å². The highest BCUT2D eigenvalue weighted by atomic mass is 35.5. The molecule has 0 saturated heterocycles. The maximum atomic E-state index is 13.5. The average Bonchev–Trinajstić information content (AvgIpc) is 3.42. The summed E-state index contributed by atoms with van der Waals surface area (Å²) >= 11 is 6.40. The second-order valence-corrected chi connectivity index (χ2v) is 9.98. The smallest absolute Gasteiger partial charge is 0.270 e. The topological polar surface area (TPSA) is 80.4 Å². The maximum absolute atomic E-state index is 13.5. The highest BCUT2D eigenvalue weighted by Crippen LogP contribution is 2.52. The van der Waals surface area contributed by atoms with Gasteiger partial charge in [-0.05, 0) is 55.3 Å². The Morgan fingerprint density at radius 3 is 2.80 bits per heavy atom. The Kier molecular flexibility index (Phi) is 4.34. The molecule has 1 aliphatic carbocycles. The van der Waals surface area contributed by atoms with Gasteiger partial charge < -0.3 is 10.2 Å². The number of imidazole rings is 1. The van der Waals surface area contributed by atoms with Gasteiger partial charge in [0.2, 0.25) is 11.7 Å². The Morgan fingerprint density at radius 2 is 1.97 bits per heavy atom. The fourth-order valence-electron chi connectivity index (χ4n) is 5.43. The summed E-state index contributed by atoms with van der Waals surface area (Å²) in [5, 5.41) is 4.18. The predicted octanol–water partition coefficient (Wildman–Crippen LogP) is 4.30. The Hall–Kier alpha value is -3.75. The molecule has 9 heteroatoms. The molecule has 1 fully saturated rings. The third-order valence-corrected chi connectivity index (χ3v) is 7.46. The van der Waals surface area contributed by atoms with Crippen molar-refractivity contribution in [3.63, 3.8) is 0 Å². The van der Waals surface area contributed by atoms with Crippen molar-refractivity contribution < 1.29 is 0 Å². The molecule has 0 bridgehead atoms. The largest absolute Gasteiger partial charge is 0.324 e. The fourth-order valence-corrected chi connectivity index (χ4v) is 5.65. The zero-order valence-electron chi connectivity index (χ0n) is 19.1. The van der Waals surface area contributed by atoms with E-state index in [0.717, 1.165) is 18.8 Å². The molecule has 0 unspecified atom stereocenters. The predicted molar refractivity (Wildman–Crippen MR) is 136 cm³/mol. The fraction of sp³-hybridized carbons (Fsp3) is 0.231. The Labute approximate surface area is 205 Å². The number of fused-ring (bicyclic) bond motifs is 5. The molecule has 35 heavy (non-hydrogen) atoms. The van der Waals surface area contributed by atoms with Crippen LogP contribution in [0.5, 0.6) is 0 Å². The molecule has 7 rings (SSSR count). The van der Waals surface area contributed by atoms with E-state index in [-0.39, 0.29) is 5.56 Å². The quantitative estimate of drug-likeness (QED) is 0.412. The molecule has 1 saturated carbocycles. The number of aromatic nitrogens is 5. The average molecular weight is 484 g/mol. The summed E-state index contributed by atoms with van der Waals surface area (Å²) in [6.45, 7) is 2.07. The summed E-state index contributed by atoms with van der Waals surface area (Å²) in [5.41, 5.74) is 4.87. The summed E-state index contributed by atoms with van der Waals surface area (Å²) in [6, 6.07) is 13.7. The zero-order chi connectivity index (χ0) is 23.7. The molecule has 5 aromatic rings. The van der Waals surface area contributed by atoms with E-state index in [1.807, 2.05) is 12.1 Å². The van der Waals surface area contributed by atoms with Crippen LogP contribution in [0.3, 0.4) is 0 Å². The molecule has 0 radical (unpaired) electrons. The van der Waals surface area contributed by atoms with E-state index in [0.29, 0.717) is 38.9 Å². The molecular weight excluding hydrogens is 462 g/mol. The van der Waals surface area contributed by atoms with Crippen LogP contribution < -0.4 is 10.9 Å². The van der Waals surface area contributed by atoms with Gasteiger partial charge in [0.1, 0.15) is 5.39 Å². The Morgan fingerprint density at radius 1 is 1.11 bits per heavy atom. The van der Waals surface area contributed by atoms with Crippen LogP contribution in [0.1, 0.15) is 24.0 Å². The maximum Gasteiger partial charge on any atom is 0.270 e. The number of likely N-dealkylation sites (N-methyl/N-ethyl adjacent to an activating group) is 1. The van der Waals surface area contributed by atoms with E-state index in [1.54, 1.807) is 35.1 Å². The van der Waals surface area contributed by atoms with Gasteiger partial charge in [-0.25, -0.2) is 14.5 Å². The summed E-state index contributed by atoms with van der Waals surface area (Å²) < 4.78 is 3.28. The van der Waals surface area contributed by atoms with E-state index in [2.05, 4.69) is 45.4 Å². The van der Waals surface area contributed by atoms with Gasteiger partial charge in [0.25, 0.3) is 5.56 Å². The first-order valence-corrected chi connectivity index (χ1v) is 12.0. The van der Waals surface area contributed by atoms with E-state index in [9.17, 15) is 4.79 Å². The number of benzene rings is 2. The lowest BCUT2D eigenvalue weighted by Crippen LogP contribution is -2.35. The molecular formula is C26H22ClN7O. The SMILES string of the molecule is CN1Cc2cc(Nc3ncc4c(=O)n(-c5ccccc5Cl)c5nccn5c4n3)ccc2C2(CC2)C1. The normalized spacial score (nSPS) is 16.6. The second-order valence-electron chi connectivity index (χ2n) is 9.57. The highest BCUT2D eigenvalue weighted by Gasteiger charge is 2.48. The monoisotopic (exact) mass is 483 g/mol. The first-order chi connectivity index (χ1) is 17.0. The third-order valence-electron chi connectivity index (χ3n) is 7.14. The van der Waals surface area contributed by atoms with Crippen molar-refractivity contribution in [1.29, 1.82) is 0 Å². The number of hydrogen-bond donors (Lipinski definition) is 1. The third kappa shape index (κ3) is 3.17. The summed E-state index contributed by atoms with van der Waals surface area (Å²) in [7, 11) is 2.18. The number of nitrogens with one attached hydrogen (secondary N) is 1. The highest BCUT2D eigenvalue weighted by molar-refractivity contribution is 6.32. The molecule has 0 atom stereocenters. The summed E-state index contributed by atoms with van der Waals surface area (Å²) in [6.07, 6.45) is 7.51. The van der Waals surface area contributed by atoms with Crippen molar-refractivity contribution >= 4 is 40.0 Å². The van der Waals surface area contributed by atoms with Gasteiger partial charge in [-0.3, -0.25) is 9.20 Å². The molecule has 4 heterocycles. The molecule has 1 aliphatic heterocycles. The van der Waals surface area contributed by atoms with Crippen LogP contribution in [-0.2, 0) is 12.0 Å². The number of nitrogens with zero attached hydrogens (tertiary/aromatic N) is 6. The van der Waals surface area contributed by atoms with Gasteiger partial charge in [-0.15, -0.1) is 0 Å². The van der Waals surface area contributed by atoms with Gasteiger partial charge >= 0.3 is 0 Å². The minimum absolute atomic E-state index is 0.273. The van der Waals surface area contributed by atoms with Gasteiger partial charge in [-0.2, -0.15) is 4.98 Å². The number of halogens is 1. The van der Waals surface area contributed by atoms with Crippen molar-refractivity contribution in [1.82, 2.24) is 28.8 Å². The second kappa shape index (κ2) is 7.37. The van der Waals surface area contributed by atoms with Crippen molar-refractivity contribution in [2.75, 3.05) is 18.9 Å². The van der Waals surface area contributed by atoms with Crippen molar-refractivity contribution in [2.24, 2.45) is 0 Å². The molecule has 1 N–H and O–H groups in total. The molecule has 2 aromatic carbocycles. The number of anilines is 2. The van der Waals surface area contributed by atoms with Gasteiger partial charge in [0, 0.05) is 42.8 Å². The molecule has 1 spiro atoms. The first kappa shape index (κ1) is 20.6. The molecule has 3 aromatic heterocycles. The van der Waals surface area contributed by atoms with Crippen LogP contribution in [0.4, 0.5) is 11.6 Å². The minimum atomic E-state index is -0.273. The van der Waals surface area contributed by atoms with Crippen LogP contribution in [0.15, 0.2) is 65.8 Å². The van der Waals surface area contributed by atoms with Gasteiger partial charge in [0.05, 0.1) is 10.7 Å². The molecule has 174 valence electrons. The van der Waals surface area contributed by atoms with E-state index < -0.39 is 0 Å². The Bertz CT molecular complexity index is 1700. The minimum Gasteiger partial charge on any atom is -0.324 e. The van der Waals surface area contributed by atoms with Crippen LogP contribution >= 0.6 is 11.6 Å². The van der Waals surface area contributed by atoms with Crippen LogP contribution in [0, 0.1) is 0 Å². The van der Waals surface area contributed by atoms with Crippen LogP contribution in [-0.4, -0.2) is 42.4 Å². The lowest BCUT2D eigenvalue weighted by atomic mass is 9.87. The standard InChI is InChI=1S/C26H22ClN7O/c1-32-14-16-12-17(6-7-19(16)26(15-32)8-9-26)30-24-29-13-18-22(31-24)33-11-10-28-25(33)34(23(18)35)21-5-3-2-4-20(21)27/h2-7,10-13H,8-9,14-15H2,1H3,(H,29,30,31). The van der Waals surface area contributed by atoms with E-state index >= 15 is 0 Å². The summed E-state index contributed by atoms with van der Waals surface area (Å²) in [4.78, 5) is 29.4. The van der Waals surface area contributed by atoms with Crippen molar-refractivity contribution in [2.45, 2.75) is 24.8 Å². The number of para-hydroxylation sites is 1. The number of hydrogen-bond acceptors (Lipinski definition) is 6. The lowest BCUT2D eigenvalue weighted by molar-refractivity contribution is 0.271. The van der Waals surface area contributed by atoms with E-state index in [1.165, 1.54) is 28.5 Å². The first-order valence-electron chi connectivity index (χ1n) is 11.6. The number of rotatable bonds is 3. The summed E-state index contributed by atoms with van der Waals surface area (Å²) in [5.74, 6) is 0.861. The molecule has 8 nitrogen and oxygen atoms in total. The molecule has 0 amide bonds. The van der Waals surface area contributed by atoms with Crippen LogP contribution in [0.2, 0.25) is 5.02 Å². The zero-order valence-corrected chi connectivity index (χ0v) is 19.8. The lowest BCUT2D eigenvalue weighted by Gasteiger charge is -2.32. The molecule has 2 aliphatic rings. The van der Waals surface area contributed by atoms with Gasteiger partial charge in [0.15, 0.2) is 5.65 Å². The Balaban J connectivity index is 1.32. The van der Waals surface area contributed by atoms with Crippen molar-refractivity contribution in [3.8, 4) is 5.69 Å².